The van der Waals surface area contributed by atoms with E-state index in [1.165, 1.54) is 28.8 Å². The van der Waals surface area contributed by atoms with Gasteiger partial charge in [-0.2, -0.15) is 0 Å². The molecule has 1 aromatic carbocycles. The summed E-state index contributed by atoms with van der Waals surface area (Å²) >= 11 is 1.76. The molecule has 0 spiro atoms. The van der Waals surface area contributed by atoms with Crippen molar-refractivity contribution < 1.29 is 19.4 Å². The van der Waals surface area contributed by atoms with Crippen molar-refractivity contribution in [3.05, 3.63) is 51.7 Å². The zero-order valence-electron chi connectivity index (χ0n) is 20.6. The van der Waals surface area contributed by atoms with E-state index in [0.717, 1.165) is 18.7 Å². The van der Waals surface area contributed by atoms with Crippen molar-refractivity contribution >= 4 is 17.2 Å². The minimum Gasteiger partial charge on any atom is -0.491 e. The fourth-order valence-corrected chi connectivity index (χ4v) is 5.62. The van der Waals surface area contributed by atoms with Gasteiger partial charge in [0.2, 0.25) is 5.91 Å². The molecule has 1 fully saturated rings. The van der Waals surface area contributed by atoms with Crippen LogP contribution in [0.5, 0.6) is 5.75 Å². The summed E-state index contributed by atoms with van der Waals surface area (Å²) in [6.07, 6.45) is 2.71. The monoisotopic (exact) mass is 486 g/mol. The van der Waals surface area contributed by atoms with Gasteiger partial charge in [0.1, 0.15) is 12.4 Å². The molecule has 1 aromatic heterocycles. The Labute approximate surface area is 207 Å². The maximum Gasteiger partial charge on any atom is 0.237 e. The fraction of sp³-hybridized carbons (Fsp3) is 0.593. The first-order valence-corrected chi connectivity index (χ1v) is 13.3. The first-order valence-electron chi connectivity index (χ1n) is 12.4. The summed E-state index contributed by atoms with van der Waals surface area (Å²) in [6.45, 7) is 7.40. The van der Waals surface area contributed by atoms with Gasteiger partial charge in [0, 0.05) is 31.6 Å². The van der Waals surface area contributed by atoms with Crippen LogP contribution in [0.2, 0.25) is 0 Å². The number of nitrogens with zero attached hydrogens (tertiary/aromatic N) is 2. The molecule has 34 heavy (non-hydrogen) atoms. The lowest BCUT2D eigenvalue weighted by atomic mass is 10.00. The smallest absolute Gasteiger partial charge is 0.237 e. The molecule has 0 bridgehead atoms. The number of amides is 1. The Morgan fingerprint density at radius 1 is 1.24 bits per heavy atom. The Balaban J connectivity index is 1.44. The standard InChI is InChI=1S/C27H38N2O4S/c1-19(2)21-6-8-23(9-7-21)33-18-25-24-11-13-34-26(24)10-12-29(25)27(31)16-28(14-20-4-5-20)15-22(30)17-32-3/h6-9,11,13,19-20,22,25,30H,4-5,10,12,14-18H2,1-3H3/t22-,25-/m1/s1. The number of methoxy groups -OCH3 is 1. The third-order valence-corrected chi connectivity index (χ3v) is 7.77. The van der Waals surface area contributed by atoms with E-state index in [2.05, 4.69) is 42.3 Å². The minimum absolute atomic E-state index is 0.0982. The second kappa shape index (κ2) is 11.7. The summed E-state index contributed by atoms with van der Waals surface area (Å²) in [5.41, 5.74) is 2.49. The summed E-state index contributed by atoms with van der Waals surface area (Å²) in [5, 5.41) is 12.4. The molecule has 2 aromatic rings. The van der Waals surface area contributed by atoms with Gasteiger partial charge in [0.15, 0.2) is 0 Å². The molecule has 1 aliphatic heterocycles. The van der Waals surface area contributed by atoms with Crippen LogP contribution in [0.25, 0.3) is 0 Å². The number of benzene rings is 1. The van der Waals surface area contributed by atoms with Crippen LogP contribution in [-0.4, -0.2) is 73.4 Å². The molecule has 0 radical (unpaired) electrons. The van der Waals surface area contributed by atoms with Crippen molar-refractivity contribution in [1.29, 1.82) is 0 Å². The van der Waals surface area contributed by atoms with E-state index in [1.54, 1.807) is 18.4 Å². The van der Waals surface area contributed by atoms with Gasteiger partial charge >= 0.3 is 0 Å². The molecular weight excluding hydrogens is 448 g/mol. The van der Waals surface area contributed by atoms with Gasteiger partial charge in [0.05, 0.1) is 25.3 Å². The first kappa shape index (κ1) is 25.2. The number of carbonyl (C=O) groups excluding carboxylic acids is 1. The molecular formula is C27H38N2O4S. The molecule has 7 heteroatoms. The predicted octanol–water partition coefficient (Wildman–Crippen LogP) is 4.10. The second-order valence-corrected chi connectivity index (χ2v) is 10.9. The van der Waals surface area contributed by atoms with Crippen molar-refractivity contribution in [2.24, 2.45) is 5.92 Å². The Bertz CT molecular complexity index is 925. The van der Waals surface area contributed by atoms with E-state index < -0.39 is 6.10 Å². The van der Waals surface area contributed by atoms with Gasteiger partial charge in [-0.25, -0.2) is 0 Å². The number of carbonyl (C=O) groups is 1. The van der Waals surface area contributed by atoms with Crippen molar-refractivity contribution in [3.63, 3.8) is 0 Å². The molecule has 0 unspecified atom stereocenters. The highest BCUT2D eigenvalue weighted by Gasteiger charge is 2.34. The number of hydrogen-bond donors (Lipinski definition) is 1. The van der Waals surface area contributed by atoms with Gasteiger partial charge in [-0.15, -0.1) is 11.3 Å². The highest BCUT2D eigenvalue weighted by Crippen LogP contribution is 2.34. The van der Waals surface area contributed by atoms with Gasteiger partial charge in [-0.1, -0.05) is 26.0 Å². The average Bonchev–Trinajstić information content (AvgIpc) is 3.49. The van der Waals surface area contributed by atoms with Crippen LogP contribution >= 0.6 is 11.3 Å². The molecule has 186 valence electrons. The molecule has 1 aliphatic carbocycles. The van der Waals surface area contributed by atoms with E-state index >= 15 is 0 Å². The van der Waals surface area contributed by atoms with Crippen LogP contribution in [0.3, 0.4) is 0 Å². The van der Waals surface area contributed by atoms with Crippen molar-refractivity contribution in [3.8, 4) is 5.75 Å². The van der Waals surface area contributed by atoms with Crippen LogP contribution < -0.4 is 4.74 Å². The van der Waals surface area contributed by atoms with Crippen LogP contribution in [0.4, 0.5) is 0 Å². The molecule has 1 saturated carbocycles. The van der Waals surface area contributed by atoms with E-state index in [0.29, 0.717) is 38.1 Å². The maximum atomic E-state index is 13.5. The Morgan fingerprint density at radius 3 is 2.68 bits per heavy atom. The molecule has 6 nitrogen and oxygen atoms in total. The Hall–Kier alpha value is -1.93. The zero-order chi connectivity index (χ0) is 24.1. The lowest BCUT2D eigenvalue weighted by molar-refractivity contribution is -0.136. The highest BCUT2D eigenvalue weighted by atomic mass is 32.1. The van der Waals surface area contributed by atoms with Crippen LogP contribution in [-0.2, 0) is 16.0 Å². The van der Waals surface area contributed by atoms with Crippen molar-refractivity contribution in [1.82, 2.24) is 9.80 Å². The average molecular weight is 487 g/mol. The molecule has 2 aliphatic rings. The van der Waals surface area contributed by atoms with Gasteiger partial charge in [-0.3, -0.25) is 9.69 Å². The van der Waals surface area contributed by atoms with Gasteiger partial charge in [-0.05, 0) is 65.8 Å². The number of hydrogen-bond acceptors (Lipinski definition) is 6. The number of aliphatic hydroxyl groups excluding tert-OH is 1. The molecule has 1 amide bonds. The summed E-state index contributed by atoms with van der Waals surface area (Å²) in [4.78, 5) is 19.0. The quantitative estimate of drug-likeness (QED) is 0.490. The second-order valence-electron chi connectivity index (χ2n) is 9.93. The van der Waals surface area contributed by atoms with Crippen LogP contribution in [0.1, 0.15) is 54.7 Å². The summed E-state index contributed by atoms with van der Waals surface area (Å²) < 4.78 is 11.3. The van der Waals surface area contributed by atoms with E-state index in [9.17, 15) is 9.90 Å². The predicted molar refractivity (Wildman–Crippen MR) is 136 cm³/mol. The lowest BCUT2D eigenvalue weighted by Crippen LogP contribution is -2.48. The summed E-state index contributed by atoms with van der Waals surface area (Å²) in [6, 6.07) is 10.3. The molecule has 0 saturated heterocycles. The highest BCUT2D eigenvalue weighted by molar-refractivity contribution is 7.10. The lowest BCUT2D eigenvalue weighted by Gasteiger charge is -2.37. The van der Waals surface area contributed by atoms with Crippen molar-refractivity contribution in [2.75, 3.05) is 46.5 Å². The number of rotatable bonds is 12. The third-order valence-electron chi connectivity index (χ3n) is 6.77. The topological polar surface area (TPSA) is 62.2 Å². The van der Waals surface area contributed by atoms with Crippen molar-refractivity contribution in [2.45, 2.75) is 51.2 Å². The number of ether oxygens (including phenoxy) is 2. The summed E-state index contributed by atoms with van der Waals surface area (Å²) in [5.74, 6) is 2.05. The largest absolute Gasteiger partial charge is 0.491 e. The van der Waals surface area contributed by atoms with Gasteiger partial charge in [0.25, 0.3) is 0 Å². The SMILES string of the molecule is COC[C@H](O)CN(CC(=O)N1CCc2sccc2[C@H]1COc1ccc(C(C)C)cc1)CC1CC1. The molecule has 4 rings (SSSR count). The Kier molecular flexibility index (Phi) is 8.64. The number of aliphatic hydroxyl groups is 1. The number of fused-ring (bicyclic) bond motifs is 1. The maximum absolute atomic E-state index is 13.5. The third kappa shape index (κ3) is 6.60. The van der Waals surface area contributed by atoms with E-state index in [1.807, 2.05) is 17.0 Å². The number of thiophene rings is 1. The van der Waals surface area contributed by atoms with Crippen LogP contribution in [0.15, 0.2) is 35.7 Å². The van der Waals surface area contributed by atoms with E-state index in [-0.39, 0.29) is 18.6 Å². The fourth-order valence-electron chi connectivity index (χ4n) is 4.69. The van der Waals surface area contributed by atoms with Gasteiger partial charge < -0.3 is 19.5 Å². The zero-order valence-corrected chi connectivity index (χ0v) is 21.4. The molecule has 1 N–H and O–H groups in total. The molecule has 2 atom stereocenters. The van der Waals surface area contributed by atoms with E-state index in [4.69, 9.17) is 9.47 Å². The minimum atomic E-state index is -0.589. The first-order chi connectivity index (χ1) is 16.4. The Morgan fingerprint density at radius 2 is 2.00 bits per heavy atom. The normalized spacial score (nSPS) is 18.9. The summed E-state index contributed by atoms with van der Waals surface area (Å²) in [7, 11) is 1.59. The molecule has 2 heterocycles. The van der Waals surface area contributed by atoms with Crippen LogP contribution in [0, 0.1) is 5.92 Å².